The number of primary amides is 1. The maximum atomic E-state index is 13.5. The largest absolute Gasteiger partial charge is 0.476 e. The monoisotopic (exact) mass is 383 g/mol. The van der Waals surface area contributed by atoms with Gasteiger partial charge in [0.25, 0.3) is 15.9 Å². The average molecular weight is 383 g/mol. The van der Waals surface area contributed by atoms with Crippen molar-refractivity contribution in [3.63, 3.8) is 0 Å². The number of aromatic nitrogens is 1. The summed E-state index contributed by atoms with van der Waals surface area (Å²) in [5.74, 6) is -0.434. The third kappa shape index (κ3) is 2.87. The maximum Gasteiger partial charge on any atom is 0.266 e. The fourth-order valence-corrected chi connectivity index (χ4v) is 4.79. The quantitative estimate of drug-likeness (QED) is 0.745. The number of carbonyl (C=O) groups is 1. The fourth-order valence-electron chi connectivity index (χ4n) is 3.15. The number of rotatable bonds is 3. The van der Waals surface area contributed by atoms with Crippen LogP contribution < -0.4 is 14.8 Å². The van der Waals surface area contributed by atoms with Crippen LogP contribution in [0.2, 0.25) is 0 Å². The highest BCUT2D eigenvalue weighted by Crippen LogP contribution is 2.37. The molecule has 0 fully saturated rings. The molecular weight excluding hydrogens is 366 g/mol. The lowest BCUT2D eigenvalue weighted by atomic mass is 10.2. The van der Waals surface area contributed by atoms with Crippen molar-refractivity contribution in [2.75, 3.05) is 10.8 Å². The van der Waals surface area contributed by atoms with Gasteiger partial charge in [0.2, 0.25) is 0 Å². The molecule has 2 heterocycles. The van der Waals surface area contributed by atoms with E-state index in [0.29, 0.717) is 17.0 Å². The standard InChI is InChI=1S/C19H17N3O4S/c1-12-9-13-5-4-8-17(18(13)21-10-12)27(24,25)22-11-16(19(20)23)26-15-7-3-2-6-14(15)22/h2-10,16H,11H2,1H3,(H2,20,23)/t16-/m0/s1. The van der Waals surface area contributed by atoms with E-state index < -0.39 is 22.0 Å². The summed E-state index contributed by atoms with van der Waals surface area (Å²) < 4.78 is 33.7. The second-order valence-corrected chi connectivity index (χ2v) is 8.18. The molecule has 7 nitrogen and oxygen atoms in total. The van der Waals surface area contributed by atoms with Gasteiger partial charge in [0.05, 0.1) is 17.7 Å². The number of aryl methyl sites for hydroxylation is 1. The molecule has 0 radical (unpaired) electrons. The van der Waals surface area contributed by atoms with Crippen LogP contribution in [0.25, 0.3) is 10.9 Å². The lowest BCUT2D eigenvalue weighted by Gasteiger charge is -2.34. The number of benzene rings is 2. The first kappa shape index (κ1) is 17.3. The highest BCUT2D eigenvalue weighted by Gasteiger charge is 2.37. The van der Waals surface area contributed by atoms with Gasteiger partial charge in [-0.1, -0.05) is 24.3 Å². The van der Waals surface area contributed by atoms with Crippen molar-refractivity contribution in [1.82, 2.24) is 4.98 Å². The summed E-state index contributed by atoms with van der Waals surface area (Å²) in [6.45, 7) is 1.69. The molecule has 1 aliphatic rings. The zero-order chi connectivity index (χ0) is 19.2. The van der Waals surface area contributed by atoms with Crippen LogP contribution in [0.3, 0.4) is 0 Å². The minimum atomic E-state index is -4.00. The molecular formula is C19H17N3O4S. The predicted molar refractivity (Wildman–Crippen MR) is 101 cm³/mol. The maximum absolute atomic E-state index is 13.5. The van der Waals surface area contributed by atoms with Crippen molar-refractivity contribution in [1.29, 1.82) is 0 Å². The summed E-state index contributed by atoms with van der Waals surface area (Å²) in [6.07, 6.45) is 0.556. The van der Waals surface area contributed by atoms with Gasteiger partial charge in [-0.2, -0.15) is 0 Å². The zero-order valence-electron chi connectivity index (χ0n) is 14.5. The minimum Gasteiger partial charge on any atom is -0.476 e. The molecule has 1 amide bonds. The van der Waals surface area contributed by atoms with Crippen molar-refractivity contribution in [2.45, 2.75) is 17.9 Å². The van der Waals surface area contributed by atoms with Crippen molar-refractivity contribution >= 4 is 32.5 Å². The number of nitrogens with zero attached hydrogens (tertiary/aromatic N) is 2. The molecule has 2 N–H and O–H groups in total. The Kier molecular flexibility index (Phi) is 4.00. The summed E-state index contributed by atoms with van der Waals surface area (Å²) >= 11 is 0. The first-order valence-corrected chi connectivity index (χ1v) is 9.75. The van der Waals surface area contributed by atoms with Gasteiger partial charge in [0.15, 0.2) is 6.10 Å². The zero-order valence-corrected chi connectivity index (χ0v) is 15.3. The highest BCUT2D eigenvalue weighted by atomic mass is 32.2. The van der Waals surface area contributed by atoms with Crippen LogP contribution in [-0.2, 0) is 14.8 Å². The minimum absolute atomic E-state index is 0.0694. The predicted octanol–water partition coefficient (Wildman–Crippen LogP) is 1.98. The number of anilines is 1. The molecule has 1 atom stereocenters. The van der Waals surface area contributed by atoms with Crippen LogP contribution in [0.15, 0.2) is 59.6 Å². The van der Waals surface area contributed by atoms with Crippen LogP contribution >= 0.6 is 0 Å². The van der Waals surface area contributed by atoms with E-state index in [-0.39, 0.29) is 11.4 Å². The molecule has 0 bridgehead atoms. The van der Waals surface area contributed by atoms with E-state index in [9.17, 15) is 13.2 Å². The molecule has 138 valence electrons. The van der Waals surface area contributed by atoms with Crippen molar-refractivity contribution in [2.24, 2.45) is 5.73 Å². The number of sulfonamides is 1. The third-order valence-corrected chi connectivity index (χ3v) is 6.24. The molecule has 3 aromatic rings. The second kappa shape index (κ2) is 6.24. The number of para-hydroxylation sites is 3. The SMILES string of the molecule is Cc1cnc2c(S(=O)(=O)N3C[C@@H](C(N)=O)Oc4ccccc43)cccc2c1. The number of hydrogen-bond donors (Lipinski definition) is 1. The number of nitrogens with two attached hydrogens (primary N) is 1. The van der Waals surface area contributed by atoms with Gasteiger partial charge in [-0.15, -0.1) is 0 Å². The lowest BCUT2D eigenvalue weighted by Crippen LogP contribution is -2.49. The summed E-state index contributed by atoms with van der Waals surface area (Å²) in [5, 5.41) is 0.726. The Balaban J connectivity index is 1.91. The van der Waals surface area contributed by atoms with E-state index in [4.69, 9.17) is 10.5 Å². The Morgan fingerprint density at radius 2 is 2.00 bits per heavy atom. The van der Waals surface area contributed by atoms with Crippen molar-refractivity contribution in [3.8, 4) is 5.75 Å². The van der Waals surface area contributed by atoms with E-state index in [1.807, 2.05) is 19.1 Å². The number of pyridine rings is 1. The Morgan fingerprint density at radius 3 is 2.78 bits per heavy atom. The van der Waals surface area contributed by atoms with Gasteiger partial charge in [0.1, 0.15) is 10.6 Å². The molecule has 8 heteroatoms. The fraction of sp³-hybridized carbons (Fsp3) is 0.158. The Bertz CT molecular complexity index is 1160. The van der Waals surface area contributed by atoms with Gasteiger partial charge in [-0.25, -0.2) is 8.42 Å². The molecule has 0 saturated carbocycles. The van der Waals surface area contributed by atoms with Gasteiger partial charge >= 0.3 is 0 Å². The Labute approximate surface area is 156 Å². The first-order valence-electron chi connectivity index (χ1n) is 8.31. The number of carbonyl (C=O) groups excluding carboxylic acids is 1. The van der Waals surface area contributed by atoms with Crippen molar-refractivity contribution < 1.29 is 17.9 Å². The van der Waals surface area contributed by atoms with Gasteiger partial charge in [-0.05, 0) is 36.8 Å². The van der Waals surface area contributed by atoms with Crippen LogP contribution in [0, 0.1) is 6.92 Å². The Hall–Kier alpha value is -3.13. The normalized spacial score (nSPS) is 16.6. The molecule has 1 aromatic heterocycles. The molecule has 0 unspecified atom stereocenters. The molecule has 4 rings (SSSR count). The van der Waals surface area contributed by atoms with Gasteiger partial charge < -0.3 is 10.5 Å². The summed E-state index contributed by atoms with van der Waals surface area (Å²) in [6, 6.07) is 13.5. The van der Waals surface area contributed by atoms with E-state index >= 15 is 0 Å². The summed E-state index contributed by atoms with van der Waals surface area (Å²) in [4.78, 5) is 16.1. The molecule has 0 spiro atoms. The van der Waals surface area contributed by atoms with E-state index in [1.54, 1.807) is 36.5 Å². The molecule has 0 saturated heterocycles. The van der Waals surface area contributed by atoms with Gasteiger partial charge in [0, 0.05) is 11.6 Å². The van der Waals surface area contributed by atoms with Crippen LogP contribution in [0.1, 0.15) is 5.56 Å². The number of hydrogen-bond acceptors (Lipinski definition) is 5. The number of ether oxygens (including phenoxy) is 1. The molecule has 27 heavy (non-hydrogen) atoms. The average Bonchev–Trinajstić information content (AvgIpc) is 2.66. The van der Waals surface area contributed by atoms with E-state index in [2.05, 4.69) is 4.98 Å². The summed E-state index contributed by atoms with van der Waals surface area (Å²) in [5.41, 5.74) is 7.05. The van der Waals surface area contributed by atoms with E-state index in [1.165, 1.54) is 6.07 Å². The van der Waals surface area contributed by atoms with Crippen molar-refractivity contribution in [3.05, 3.63) is 60.3 Å². The first-order chi connectivity index (χ1) is 12.9. The smallest absolute Gasteiger partial charge is 0.266 e. The molecule has 2 aromatic carbocycles. The molecule has 0 aliphatic carbocycles. The van der Waals surface area contributed by atoms with Crippen LogP contribution in [0.4, 0.5) is 5.69 Å². The highest BCUT2D eigenvalue weighted by molar-refractivity contribution is 7.93. The summed E-state index contributed by atoms with van der Waals surface area (Å²) in [7, 11) is -4.00. The third-order valence-electron chi connectivity index (χ3n) is 4.43. The second-order valence-electron chi connectivity index (χ2n) is 6.35. The number of amides is 1. The van der Waals surface area contributed by atoms with Crippen LogP contribution in [0.5, 0.6) is 5.75 Å². The van der Waals surface area contributed by atoms with Crippen LogP contribution in [-0.4, -0.2) is 32.0 Å². The Morgan fingerprint density at radius 1 is 1.22 bits per heavy atom. The molecule has 1 aliphatic heterocycles. The number of fused-ring (bicyclic) bond motifs is 2. The van der Waals surface area contributed by atoms with Gasteiger partial charge in [-0.3, -0.25) is 14.1 Å². The van der Waals surface area contributed by atoms with E-state index in [0.717, 1.165) is 15.3 Å². The lowest BCUT2D eigenvalue weighted by molar-refractivity contribution is -0.124. The topological polar surface area (TPSA) is 103 Å².